The highest BCUT2D eigenvalue weighted by atomic mass is 16.3. The molecule has 0 spiro atoms. The van der Waals surface area contributed by atoms with E-state index in [4.69, 9.17) is 10.8 Å². The SMILES string of the molecule is CCc1nnc(N2CCC(CCO)C2)c(CN)c1CC. The van der Waals surface area contributed by atoms with E-state index in [-0.39, 0.29) is 6.61 Å². The standard InChI is InChI=1S/C15H26N4O/c1-3-12-13(9-16)15(18-17-14(12)4-2)19-7-5-11(10-19)6-8-20/h11,20H,3-10,16H2,1-2H3. The lowest BCUT2D eigenvalue weighted by atomic mass is 10.0. The zero-order valence-corrected chi connectivity index (χ0v) is 12.6. The Balaban J connectivity index is 2.28. The fourth-order valence-electron chi connectivity index (χ4n) is 3.15. The van der Waals surface area contributed by atoms with Crippen molar-refractivity contribution in [2.24, 2.45) is 11.7 Å². The molecule has 2 heterocycles. The quantitative estimate of drug-likeness (QED) is 0.819. The summed E-state index contributed by atoms with van der Waals surface area (Å²) in [6.45, 7) is 6.98. The maximum Gasteiger partial charge on any atom is 0.156 e. The van der Waals surface area contributed by atoms with Crippen molar-refractivity contribution in [3.63, 3.8) is 0 Å². The minimum atomic E-state index is 0.267. The monoisotopic (exact) mass is 278 g/mol. The Morgan fingerprint density at radius 1 is 1.25 bits per heavy atom. The van der Waals surface area contributed by atoms with Crippen LogP contribution in [-0.2, 0) is 19.4 Å². The molecule has 1 fully saturated rings. The number of aliphatic hydroxyl groups excluding tert-OH is 1. The average molecular weight is 278 g/mol. The lowest BCUT2D eigenvalue weighted by molar-refractivity contribution is 0.263. The molecule has 1 unspecified atom stereocenters. The molecule has 0 saturated carbocycles. The molecule has 0 amide bonds. The van der Waals surface area contributed by atoms with Crippen molar-refractivity contribution in [3.05, 3.63) is 16.8 Å². The van der Waals surface area contributed by atoms with Crippen LogP contribution in [0.5, 0.6) is 0 Å². The first kappa shape index (κ1) is 15.2. The Kier molecular flexibility index (Phi) is 5.31. The number of rotatable bonds is 6. The van der Waals surface area contributed by atoms with E-state index in [2.05, 4.69) is 28.9 Å². The van der Waals surface area contributed by atoms with Gasteiger partial charge < -0.3 is 15.7 Å². The first-order valence-electron chi connectivity index (χ1n) is 7.68. The number of hydrogen-bond acceptors (Lipinski definition) is 5. The number of nitrogens with zero attached hydrogens (tertiary/aromatic N) is 3. The van der Waals surface area contributed by atoms with Crippen LogP contribution >= 0.6 is 0 Å². The van der Waals surface area contributed by atoms with Gasteiger partial charge in [-0.2, -0.15) is 5.10 Å². The number of hydrogen-bond donors (Lipinski definition) is 2. The number of aliphatic hydroxyl groups is 1. The maximum atomic E-state index is 9.07. The summed E-state index contributed by atoms with van der Waals surface area (Å²) in [7, 11) is 0. The summed E-state index contributed by atoms with van der Waals surface area (Å²) >= 11 is 0. The molecule has 0 aliphatic carbocycles. The molecule has 5 nitrogen and oxygen atoms in total. The summed E-state index contributed by atoms with van der Waals surface area (Å²) in [6, 6.07) is 0. The fourth-order valence-corrected chi connectivity index (χ4v) is 3.15. The zero-order chi connectivity index (χ0) is 14.5. The van der Waals surface area contributed by atoms with Gasteiger partial charge in [-0.25, -0.2) is 0 Å². The molecule has 112 valence electrons. The molecular formula is C15H26N4O. The summed E-state index contributed by atoms with van der Waals surface area (Å²) in [4.78, 5) is 2.29. The highest BCUT2D eigenvalue weighted by Gasteiger charge is 2.26. The van der Waals surface area contributed by atoms with Crippen LogP contribution in [0.4, 0.5) is 5.82 Å². The van der Waals surface area contributed by atoms with Gasteiger partial charge in [-0.15, -0.1) is 5.10 Å². The Hall–Kier alpha value is -1.20. The third kappa shape index (κ3) is 2.94. The Morgan fingerprint density at radius 3 is 2.65 bits per heavy atom. The fraction of sp³-hybridized carbons (Fsp3) is 0.733. The van der Waals surface area contributed by atoms with E-state index >= 15 is 0 Å². The molecule has 1 aromatic heterocycles. The second kappa shape index (κ2) is 6.99. The molecule has 1 aliphatic heterocycles. The summed E-state index contributed by atoms with van der Waals surface area (Å²) < 4.78 is 0. The number of aryl methyl sites for hydroxylation is 1. The van der Waals surface area contributed by atoms with Gasteiger partial charge in [0.25, 0.3) is 0 Å². The zero-order valence-electron chi connectivity index (χ0n) is 12.6. The third-order valence-corrected chi connectivity index (χ3v) is 4.26. The average Bonchev–Trinajstić information content (AvgIpc) is 2.94. The molecule has 0 bridgehead atoms. The topological polar surface area (TPSA) is 75.3 Å². The predicted molar refractivity (Wildman–Crippen MR) is 80.7 cm³/mol. The predicted octanol–water partition coefficient (Wildman–Crippen LogP) is 1.27. The highest BCUT2D eigenvalue weighted by molar-refractivity contribution is 5.52. The summed E-state index contributed by atoms with van der Waals surface area (Å²) in [5.74, 6) is 1.52. The van der Waals surface area contributed by atoms with Crippen LogP contribution in [0.2, 0.25) is 0 Å². The van der Waals surface area contributed by atoms with E-state index in [1.165, 1.54) is 5.56 Å². The minimum Gasteiger partial charge on any atom is -0.396 e. The lowest BCUT2D eigenvalue weighted by Gasteiger charge is -2.22. The van der Waals surface area contributed by atoms with E-state index < -0.39 is 0 Å². The minimum absolute atomic E-state index is 0.267. The van der Waals surface area contributed by atoms with Gasteiger partial charge in [-0.05, 0) is 37.2 Å². The van der Waals surface area contributed by atoms with Crippen LogP contribution in [0.3, 0.4) is 0 Å². The van der Waals surface area contributed by atoms with Crippen molar-refractivity contribution < 1.29 is 5.11 Å². The Bertz CT molecular complexity index is 450. The van der Waals surface area contributed by atoms with E-state index in [1.54, 1.807) is 0 Å². The van der Waals surface area contributed by atoms with Gasteiger partial charge in [-0.1, -0.05) is 13.8 Å². The molecule has 1 aliphatic rings. The van der Waals surface area contributed by atoms with Gasteiger partial charge in [0.15, 0.2) is 5.82 Å². The molecule has 3 N–H and O–H groups in total. The normalized spacial score (nSPS) is 18.8. The van der Waals surface area contributed by atoms with Crippen LogP contribution in [0.15, 0.2) is 0 Å². The first-order valence-corrected chi connectivity index (χ1v) is 7.68. The molecule has 0 aromatic carbocycles. The summed E-state index contributed by atoms with van der Waals surface area (Å²) in [5, 5.41) is 17.9. The van der Waals surface area contributed by atoms with E-state index in [0.717, 1.165) is 55.8 Å². The molecule has 5 heteroatoms. The van der Waals surface area contributed by atoms with E-state index in [0.29, 0.717) is 12.5 Å². The summed E-state index contributed by atoms with van der Waals surface area (Å²) in [5.41, 5.74) is 9.47. The van der Waals surface area contributed by atoms with Crippen molar-refractivity contribution in [2.45, 2.75) is 46.1 Å². The molecule has 0 radical (unpaired) electrons. The molecule has 1 atom stereocenters. The Morgan fingerprint density at radius 2 is 2.05 bits per heavy atom. The van der Waals surface area contributed by atoms with E-state index in [9.17, 15) is 0 Å². The van der Waals surface area contributed by atoms with Crippen molar-refractivity contribution in [1.29, 1.82) is 0 Å². The maximum absolute atomic E-state index is 9.07. The smallest absolute Gasteiger partial charge is 0.156 e. The largest absolute Gasteiger partial charge is 0.396 e. The van der Waals surface area contributed by atoms with Crippen molar-refractivity contribution in [1.82, 2.24) is 10.2 Å². The number of aromatic nitrogens is 2. The molecule has 1 aromatic rings. The number of anilines is 1. The van der Waals surface area contributed by atoms with Gasteiger partial charge in [0, 0.05) is 31.8 Å². The van der Waals surface area contributed by atoms with Crippen LogP contribution in [0, 0.1) is 5.92 Å². The van der Waals surface area contributed by atoms with Gasteiger partial charge in [0.05, 0.1) is 5.69 Å². The second-order valence-electron chi connectivity index (χ2n) is 5.45. The molecule has 2 rings (SSSR count). The van der Waals surface area contributed by atoms with Crippen molar-refractivity contribution in [2.75, 3.05) is 24.6 Å². The second-order valence-corrected chi connectivity index (χ2v) is 5.45. The van der Waals surface area contributed by atoms with Gasteiger partial charge in [0.1, 0.15) is 0 Å². The molecule has 20 heavy (non-hydrogen) atoms. The van der Waals surface area contributed by atoms with Gasteiger partial charge >= 0.3 is 0 Å². The van der Waals surface area contributed by atoms with Crippen molar-refractivity contribution in [3.8, 4) is 0 Å². The summed E-state index contributed by atoms with van der Waals surface area (Å²) in [6.07, 6.45) is 3.83. The third-order valence-electron chi connectivity index (χ3n) is 4.26. The molecule has 1 saturated heterocycles. The van der Waals surface area contributed by atoms with Crippen LogP contribution in [0.25, 0.3) is 0 Å². The van der Waals surface area contributed by atoms with Gasteiger partial charge in [0.2, 0.25) is 0 Å². The van der Waals surface area contributed by atoms with Crippen molar-refractivity contribution >= 4 is 5.82 Å². The Labute approximate surface area is 121 Å². The first-order chi connectivity index (χ1) is 9.74. The van der Waals surface area contributed by atoms with Crippen LogP contribution in [-0.4, -0.2) is 35.0 Å². The van der Waals surface area contributed by atoms with Gasteiger partial charge in [-0.3, -0.25) is 0 Å². The highest BCUT2D eigenvalue weighted by Crippen LogP contribution is 2.29. The molecular weight excluding hydrogens is 252 g/mol. The van der Waals surface area contributed by atoms with Crippen LogP contribution in [0.1, 0.15) is 43.5 Å². The van der Waals surface area contributed by atoms with Crippen LogP contribution < -0.4 is 10.6 Å². The van der Waals surface area contributed by atoms with E-state index in [1.807, 2.05) is 0 Å². The lowest BCUT2D eigenvalue weighted by Crippen LogP contribution is -2.25. The number of nitrogens with two attached hydrogens (primary N) is 1.